The first-order valence-corrected chi connectivity index (χ1v) is 7.15. The molecule has 110 valence electrons. The fourth-order valence-electron chi connectivity index (χ4n) is 3.23. The van der Waals surface area contributed by atoms with Crippen molar-refractivity contribution >= 4 is 11.9 Å². The van der Waals surface area contributed by atoms with Crippen molar-refractivity contribution in [2.75, 3.05) is 0 Å². The third-order valence-corrected chi connectivity index (χ3v) is 4.27. The first kappa shape index (κ1) is 16.0. The van der Waals surface area contributed by atoms with Gasteiger partial charge < -0.3 is 10.4 Å². The number of carboxylic acid groups (broad SMARTS) is 1. The summed E-state index contributed by atoms with van der Waals surface area (Å²) in [5, 5.41) is 11.8. The van der Waals surface area contributed by atoms with E-state index in [2.05, 4.69) is 26.1 Å². The summed E-state index contributed by atoms with van der Waals surface area (Å²) in [5.74, 6) is -0.850. The zero-order valence-electron chi connectivity index (χ0n) is 12.7. The van der Waals surface area contributed by atoms with Crippen LogP contribution in [-0.4, -0.2) is 23.0 Å². The molecule has 4 atom stereocenters. The number of carbonyl (C=O) groups is 2. The van der Waals surface area contributed by atoms with Crippen LogP contribution < -0.4 is 5.32 Å². The highest BCUT2D eigenvalue weighted by Crippen LogP contribution is 2.41. The van der Waals surface area contributed by atoms with Gasteiger partial charge in [0, 0.05) is 12.0 Å². The van der Waals surface area contributed by atoms with Crippen molar-refractivity contribution in [1.82, 2.24) is 5.32 Å². The van der Waals surface area contributed by atoms with E-state index >= 15 is 0 Å². The van der Waals surface area contributed by atoms with Gasteiger partial charge in [0.15, 0.2) is 0 Å². The van der Waals surface area contributed by atoms with Crippen molar-refractivity contribution in [3.63, 3.8) is 0 Å². The highest BCUT2D eigenvalue weighted by atomic mass is 16.4. The van der Waals surface area contributed by atoms with E-state index in [0.717, 1.165) is 19.3 Å². The Hall–Kier alpha value is -1.06. The van der Waals surface area contributed by atoms with Crippen LogP contribution in [-0.2, 0) is 9.59 Å². The average Bonchev–Trinajstić information content (AvgIpc) is 2.24. The Labute approximate surface area is 116 Å². The van der Waals surface area contributed by atoms with Crippen LogP contribution in [0.2, 0.25) is 0 Å². The molecular formula is C15H27NO3. The van der Waals surface area contributed by atoms with Gasteiger partial charge in [-0.25, -0.2) is 0 Å². The molecule has 1 aliphatic rings. The van der Waals surface area contributed by atoms with Crippen LogP contribution in [0.3, 0.4) is 0 Å². The van der Waals surface area contributed by atoms with Gasteiger partial charge in [0.05, 0.1) is 5.92 Å². The molecule has 4 unspecified atom stereocenters. The van der Waals surface area contributed by atoms with Crippen LogP contribution in [0, 0.1) is 23.2 Å². The molecule has 2 N–H and O–H groups in total. The summed E-state index contributed by atoms with van der Waals surface area (Å²) in [6.07, 6.45) is 2.94. The van der Waals surface area contributed by atoms with Gasteiger partial charge in [0.1, 0.15) is 0 Å². The van der Waals surface area contributed by atoms with Crippen LogP contribution in [0.25, 0.3) is 0 Å². The molecule has 0 aromatic heterocycles. The number of carbonyl (C=O) groups excluding carboxylic acids is 1. The zero-order chi connectivity index (χ0) is 14.8. The van der Waals surface area contributed by atoms with E-state index in [9.17, 15) is 9.59 Å². The highest BCUT2D eigenvalue weighted by Gasteiger charge is 2.36. The second kappa shape index (κ2) is 5.93. The lowest BCUT2D eigenvalue weighted by molar-refractivity contribution is -0.142. The largest absolute Gasteiger partial charge is 0.481 e. The Morgan fingerprint density at radius 1 is 1.26 bits per heavy atom. The molecule has 1 rings (SSSR count). The second-order valence-electron chi connectivity index (χ2n) is 7.03. The minimum atomic E-state index is -0.870. The number of rotatable bonds is 4. The number of amides is 1. The predicted octanol–water partition coefficient (Wildman–Crippen LogP) is 2.67. The van der Waals surface area contributed by atoms with Gasteiger partial charge in [0.25, 0.3) is 0 Å². The van der Waals surface area contributed by atoms with Crippen molar-refractivity contribution < 1.29 is 14.7 Å². The summed E-state index contributed by atoms with van der Waals surface area (Å²) in [7, 11) is 0. The molecule has 0 aliphatic heterocycles. The predicted molar refractivity (Wildman–Crippen MR) is 74.7 cm³/mol. The molecule has 1 amide bonds. The summed E-state index contributed by atoms with van der Waals surface area (Å²) in [5.41, 5.74) is 0.196. The summed E-state index contributed by atoms with van der Waals surface area (Å²) in [4.78, 5) is 23.2. The summed E-state index contributed by atoms with van der Waals surface area (Å²) in [6.45, 7) is 9.97. The lowest BCUT2D eigenvalue weighted by Crippen LogP contribution is -2.45. The standard InChI is InChI=1S/C15H27NO3/c1-9-6-12(8-15(4,5)7-9)13(17)16-11(3)10(2)14(18)19/h9-12H,6-8H2,1-5H3,(H,16,17)(H,18,19). The van der Waals surface area contributed by atoms with Crippen molar-refractivity contribution in [2.45, 2.75) is 59.9 Å². The molecule has 1 aliphatic carbocycles. The van der Waals surface area contributed by atoms with Gasteiger partial charge in [-0.1, -0.05) is 20.8 Å². The third kappa shape index (κ3) is 4.51. The Balaban J connectivity index is 2.60. The van der Waals surface area contributed by atoms with E-state index in [-0.39, 0.29) is 23.3 Å². The molecule has 4 heteroatoms. The van der Waals surface area contributed by atoms with E-state index in [4.69, 9.17) is 5.11 Å². The molecule has 0 aromatic carbocycles. The summed E-state index contributed by atoms with van der Waals surface area (Å²) in [6, 6.07) is -0.328. The monoisotopic (exact) mass is 269 g/mol. The first-order chi connectivity index (χ1) is 8.62. The van der Waals surface area contributed by atoms with Crippen LogP contribution in [0.15, 0.2) is 0 Å². The number of nitrogens with one attached hydrogen (secondary N) is 1. The number of aliphatic carboxylic acids is 1. The minimum absolute atomic E-state index is 0.0141. The van der Waals surface area contributed by atoms with E-state index in [1.54, 1.807) is 13.8 Å². The second-order valence-corrected chi connectivity index (χ2v) is 7.03. The molecule has 0 bridgehead atoms. The van der Waals surface area contributed by atoms with Gasteiger partial charge in [-0.3, -0.25) is 9.59 Å². The highest BCUT2D eigenvalue weighted by molar-refractivity contribution is 5.80. The van der Waals surface area contributed by atoms with Crippen LogP contribution in [0.4, 0.5) is 0 Å². The summed E-state index contributed by atoms with van der Waals surface area (Å²) >= 11 is 0. The molecule has 1 saturated carbocycles. The van der Waals surface area contributed by atoms with E-state index in [0.29, 0.717) is 5.92 Å². The van der Waals surface area contributed by atoms with Crippen molar-refractivity contribution in [2.24, 2.45) is 23.2 Å². The van der Waals surface area contributed by atoms with Crippen LogP contribution in [0.5, 0.6) is 0 Å². The van der Waals surface area contributed by atoms with Gasteiger partial charge >= 0.3 is 5.97 Å². The number of carboxylic acids is 1. The van der Waals surface area contributed by atoms with Gasteiger partial charge in [-0.05, 0) is 44.4 Å². The SMILES string of the molecule is CC1CC(C(=O)NC(C)C(C)C(=O)O)CC(C)(C)C1. The van der Waals surface area contributed by atoms with Crippen molar-refractivity contribution in [3.05, 3.63) is 0 Å². The fourth-order valence-corrected chi connectivity index (χ4v) is 3.23. The number of hydrogen-bond acceptors (Lipinski definition) is 2. The maximum Gasteiger partial charge on any atom is 0.308 e. The van der Waals surface area contributed by atoms with E-state index in [1.165, 1.54) is 0 Å². The fraction of sp³-hybridized carbons (Fsp3) is 0.867. The van der Waals surface area contributed by atoms with E-state index in [1.807, 2.05) is 0 Å². The smallest absolute Gasteiger partial charge is 0.308 e. The maximum atomic E-state index is 12.3. The van der Waals surface area contributed by atoms with Crippen molar-refractivity contribution in [1.29, 1.82) is 0 Å². The Morgan fingerprint density at radius 3 is 2.32 bits per heavy atom. The third-order valence-electron chi connectivity index (χ3n) is 4.27. The van der Waals surface area contributed by atoms with Gasteiger partial charge in [-0.2, -0.15) is 0 Å². The lowest BCUT2D eigenvalue weighted by atomic mass is 9.68. The van der Waals surface area contributed by atoms with E-state index < -0.39 is 11.9 Å². The maximum absolute atomic E-state index is 12.3. The van der Waals surface area contributed by atoms with Gasteiger partial charge in [-0.15, -0.1) is 0 Å². The Bertz CT molecular complexity index is 351. The molecule has 0 saturated heterocycles. The topological polar surface area (TPSA) is 66.4 Å². The molecule has 0 aromatic rings. The molecule has 0 heterocycles. The quantitative estimate of drug-likeness (QED) is 0.824. The number of hydrogen-bond donors (Lipinski definition) is 2. The molecule has 4 nitrogen and oxygen atoms in total. The van der Waals surface area contributed by atoms with Crippen molar-refractivity contribution in [3.8, 4) is 0 Å². The minimum Gasteiger partial charge on any atom is -0.481 e. The molecule has 0 spiro atoms. The lowest BCUT2D eigenvalue weighted by Gasteiger charge is -2.38. The molecule has 0 radical (unpaired) electrons. The summed E-state index contributed by atoms with van der Waals surface area (Å²) < 4.78 is 0. The van der Waals surface area contributed by atoms with Crippen LogP contribution >= 0.6 is 0 Å². The molecule has 1 fully saturated rings. The molecular weight excluding hydrogens is 242 g/mol. The Morgan fingerprint density at radius 2 is 1.84 bits per heavy atom. The first-order valence-electron chi connectivity index (χ1n) is 7.15. The molecule has 19 heavy (non-hydrogen) atoms. The average molecular weight is 269 g/mol. The van der Waals surface area contributed by atoms with Crippen LogP contribution in [0.1, 0.15) is 53.9 Å². The Kier molecular flexibility index (Phi) is 4.99. The normalized spacial score (nSPS) is 29.3. The zero-order valence-corrected chi connectivity index (χ0v) is 12.7. The van der Waals surface area contributed by atoms with Gasteiger partial charge in [0.2, 0.25) is 5.91 Å².